The molecule has 3 rings (SSSR count). The summed E-state index contributed by atoms with van der Waals surface area (Å²) in [5.74, 6) is 1.51. The van der Waals surface area contributed by atoms with E-state index in [4.69, 9.17) is 10.7 Å². The minimum absolute atomic E-state index is 0.00350. The summed E-state index contributed by atoms with van der Waals surface area (Å²) in [6, 6.07) is 0.00350. The molecule has 0 amide bonds. The molecule has 0 bridgehead atoms. The quantitative estimate of drug-likeness (QED) is 0.699. The van der Waals surface area contributed by atoms with E-state index in [9.17, 15) is 5.11 Å². The Hall–Kier alpha value is -1.92. The molecule has 0 saturated heterocycles. The molecule has 0 radical (unpaired) electrons. The molecule has 2 unspecified atom stereocenters. The first kappa shape index (κ1) is 16.0. The minimum Gasteiger partial charge on any atom is -0.389 e. The number of amidine groups is 1. The predicted molar refractivity (Wildman–Crippen MR) is 93.2 cm³/mol. The van der Waals surface area contributed by atoms with Crippen molar-refractivity contribution in [3.8, 4) is 0 Å². The van der Waals surface area contributed by atoms with Gasteiger partial charge in [-0.3, -0.25) is 0 Å². The number of β-amino-alcohol motifs (C(OH)–C–C–N with tert-alkyl or cyclic N) is 1. The number of hydrogen-bond acceptors (Lipinski definition) is 6. The van der Waals surface area contributed by atoms with Crippen LogP contribution < -0.4 is 11.1 Å². The lowest BCUT2D eigenvalue weighted by molar-refractivity contribution is 0.0493. The average Bonchev–Trinajstić information content (AvgIpc) is 2.83. The van der Waals surface area contributed by atoms with Crippen LogP contribution in [-0.2, 0) is 0 Å². The number of rotatable bonds is 5. The van der Waals surface area contributed by atoms with E-state index in [0.717, 1.165) is 23.8 Å². The fourth-order valence-corrected chi connectivity index (χ4v) is 3.26. The number of nitrogens with two attached hydrogens (primary N) is 1. The standard InChI is InChI=1S/C17H25N5O/c1-4-19-9-13-21-14-15(22(13)10-17(2,3)23)11-7-5-6-8-12(11)20-16(14)18/h5-8,11,15,19,23H,4,9-10,18H2,1-3H3. The van der Waals surface area contributed by atoms with Gasteiger partial charge in [0.15, 0.2) is 0 Å². The molecule has 6 heteroatoms. The van der Waals surface area contributed by atoms with Crippen LogP contribution in [0.25, 0.3) is 0 Å². The molecule has 0 fully saturated rings. The van der Waals surface area contributed by atoms with Crippen LogP contribution in [0.4, 0.5) is 0 Å². The number of allylic oxidation sites excluding steroid dienone is 3. The molecule has 2 heterocycles. The fraction of sp³-hybridized carbons (Fsp3) is 0.529. The molecule has 23 heavy (non-hydrogen) atoms. The Kier molecular flexibility index (Phi) is 4.12. The maximum absolute atomic E-state index is 10.3. The van der Waals surface area contributed by atoms with Gasteiger partial charge in [0.1, 0.15) is 17.4 Å². The first-order chi connectivity index (χ1) is 10.9. The number of hydrogen-bond donors (Lipinski definition) is 3. The smallest absolute Gasteiger partial charge is 0.147 e. The van der Waals surface area contributed by atoms with E-state index in [2.05, 4.69) is 28.2 Å². The normalized spacial score (nSPS) is 26.2. The lowest BCUT2D eigenvalue weighted by atomic mass is 9.86. The van der Waals surface area contributed by atoms with Crippen LogP contribution in [0.15, 0.2) is 45.8 Å². The molecule has 1 aliphatic carbocycles. The van der Waals surface area contributed by atoms with Crippen LogP contribution in [0, 0.1) is 5.92 Å². The molecule has 2 atom stereocenters. The van der Waals surface area contributed by atoms with Crippen molar-refractivity contribution >= 4 is 11.5 Å². The van der Waals surface area contributed by atoms with Crippen LogP contribution >= 0.6 is 0 Å². The van der Waals surface area contributed by atoms with E-state index in [1.54, 1.807) is 0 Å². The van der Waals surface area contributed by atoms with Gasteiger partial charge < -0.3 is 21.1 Å². The Morgan fingerprint density at radius 1 is 1.35 bits per heavy atom. The van der Waals surface area contributed by atoms with E-state index >= 15 is 0 Å². The number of aliphatic imine (C=N–C) groups is 2. The van der Waals surface area contributed by atoms with Gasteiger partial charge in [0.25, 0.3) is 0 Å². The molecule has 0 aromatic carbocycles. The second kappa shape index (κ2) is 5.94. The van der Waals surface area contributed by atoms with Crippen LogP contribution in [-0.4, -0.2) is 52.8 Å². The van der Waals surface area contributed by atoms with Gasteiger partial charge in [0.2, 0.25) is 0 Å². The number of fused-ring (bicyclic) bond motifs is 3. The highest BCUT2D eigenvalue weighted by atomic mass is 16.3. The van der Waals surface area contributed by atoms with Crippen molar-refractivity contribution in [2.24, 2.45) is 21.6 Å². The lowest BCUT2D eigenvalue weighted by Crippen LogP contribution is -2.52. The summed E-state index contributed by atoms with van der Waals surface area (Å²) in [6.07, 6.45) is 8.15. The molecule has 6 nitrogen and oxygen atoms in total. The molecule has 2 aliphatic heterocycles. The molecule has 3 aliphatic rings. The highest BCUT2D eigenvalue weighted by Gasteiger charge is 2.43. The van der Waals surface area contributed by atoms with Crippen LogP contribution in [0.2, 0.25) is 0 Å². The van der Waals surface area contributed by atoms with Gasteiger partial charge >= 0.3 is 0 Å². The molecule has 0 spiro atoms. The number of likely N-dealkylation sites (N-methyl/N-ethyl adjacent to an activating group) is 1. The summed E-state index contributed by atoms with van der Waals surface area (Å²) in [5.41, 5.74) is 7.12. The summed E-state index contributed by atoms with van der Waals surface area (Å²) in [6.45, 7) is 7.71. The van der Waals surface area contributed by atoms with Crippen molar-refractivity contribution in [2.45, 2.75) is 32.4 Å². The zero-order valence-corrected chi connectivity index (χ0v) is 14.0. The Labute approximate surface area is 137 Å². The van der Waals surface area contributed by atoms with Gasteiger partial charge in [-0.15, -0.1) is 0 Å². The third-order valence-electron chi connectivity index (χ3n) is 4.18. The minimum atomic E-state index is -0.819. The summed E-state index contributed by atoms with van der Waals surface area (Å²) in [5, 5.41) is 13.7. The molecular formula is C17H25N5O. The molecular weight excluding hydrogens is 290 g/mol. The monoisotopic (exact) mass is 315 g/mol. The van der Waals surface area contributed by atoms with Crippen molar-refractivity contribution in [3.05, 3.63) is 35.8 Å². The Morgan fingerprint density at radius 3 is 2.83 bits per heavy atom. The largest absolute Gasteiger partial charge is 0.389 e. The van der Waals surface area contributed by atoms with E-state index in [1.165, 1.54) is 0 Å². The predicted octanol–water partition coefficient (Wildman–Crippen LogP) is 0.774. The maximum Gasteiger partial charge on any atom is 0.147 e. The van der Waals surface area contributed by atoms with Crippen molar-refractivity contribution in [1.82, 2.24) is 10.2 Å². The fourth-order valence-electron chi connectivity index (χ4n) is 3.26. The van der Waals surface area contributed by atoms with Crippen molar-refractivity contribution < 1.29 is 5.11 Å². The van der Waals surface area contributed by atoms with E-state index in [-0.39, 0.29) is 12.0 Å². The Morgan fingerprint density at radius 2 is 2.13 bits per heavy atom. The van der Waals surface area contributed by atoms with Gasteiger partial charge in [-0.25, -0.2) is 9.98 Å². The van der Waals surface area contributed by atoms with Crippen LogP contribution in [0.3, 0.4) is 0 Å². The van der Waals surface area contributed by atoms with Gasteiger partial charge in [0, 0.05) is 12.5 Å². The SMILES string of the molecule is CCNCC1=NC2=C(N)N=C3C=CC=CC3C2N1CC(C)(C)O. The Balaban J connectivity index is 1.99. The Bertz CT molecular complexity index is 636. The summed E-state index contributed by atoms with van der Waals surface area (Å²) in [4.78, 5) is 11.4. The summed E-state index contributed by atoms with van der Waals surface area (Å²) < 4.78 is 0. The number of aliphatic hydroxyl groups is 1. The zero-order chi connectivity index (χ0) is 16.6. The zero-order valence-electron chi connectivity index (χ0n) is 14.0. The lowest BCUT2D eigenvalue weighted by Gasteiger charge is -2.38. The van der Waals surface area contributed by atoms with Crippen LogP contribution in [0.5, 0.6) is 0 Å². The molecule has 4 N–H and O–H groups in total. The second-order valence-electron chi connectivity index (χ2n) is 6.77. The van der Waals surface area contributed by atoms with E-state index < -0.39 is 5.60 Å². The van der Waals surface area contributed by atoms with Gasteiger partial charge in [-0.2, -0.15) is 0 Å². The molecule has 0 aromatic rings. The maximum atomic E-state index is 10.3. The first-order valence-corrected chi connectivity index (χ1v) is 8.11. The highest BCUT2D eigenvalue weighted by Crippen LogP contribution is 2.36. The van der Waals surface area contributed by atoms with Gasteiger partial charge in [0.05, 0.1) is 23.9 Å². The highest BCUT2D eigenvalue weighted by molar-refractivity contribution is 6.03. The second-order valence-corrected chi connectivity index (χ2v) is 6.77. The van der Waals surface area contributed by atoms with Crippen molar-refractivity contribution in [1.29, 1.82) is 0 Å². The summed E-state index contributed by atoms with van der Waals surface area (Å²) >= 11 is 0. The molecule has 0 aromatic heterocycles. The van der Waals surface area contributed by atoms with Crippen molar-refractivity contribution in [2.75, 3.05) is 19.6 Å². The number of nitrogens with zero attached hydrogens (tertiary/aromatic N) is 3. The first-order valence-electron chi connectivity index (χ1n) is 8.11. The van der Waals surface area contributed by atoms with Crippen LogP contribution in [0.1, 0.15) is 20.8 Å². The molecule has 124 valence electrons. The van der Waals surface area contributed by atoms with Gasteiger partial charge in [-0.05, 0) is 26.5 Å². The topological polar surface area (TPSA) is 86.2 Å². The third-order valence-corrected chi connectivity index (χ3v) is 4.18. The van der Waals surface area contributed by atoms with Crippen molar-refractivity contribution in [3.63, 3.8) is 0 Å². The summed E-state index contributed by atoms with van der Waals surface area (Å²) in [7, 11) is 0. The van der Waals surface area contributed by atoms with E-state index in [1.807, 2.05) is 32.1 Å². The number of nitrogens with one attached hydrogen (secondary N) is 1. The van der Waals surface area contributed by atoms with Gasteiger partial charge in [-0.1, -0.05) is 25.2 Å². The van der Waals surface area contributed by atoms with E-state index in [0.29, 0.717) is 18.9 Å². The molecule has 0 saturated carbocycles. The third kappa shape index (κ3) is 3.09. The average molecular weight is 315 g/mol.